The summed E-state index contributed by atoms with van der Waals surface area (Å²) < 4.78 is 0. The van der Waals surface area contributed by atoms with E-state index in [1.165, 1.54) is 0 Å². The van der Waals surface area contributed by atoms with E-state index < -0.39 is 11.7 Å². The Kier molecular flexibility index (Phi) is 3.19. The third-order valence-electron chi connectivity index (χ3n) is 5.15. The summed E-state index contributed by atoms with van der Waals surface area (Å²) >= 11 is 0. The van der Waals surface area contributed by atoms with Gasteiger partial charge in [0.1, 0.15) is 0 Å². The minimum atomic E-state index is -0.866. The summed E-state index contributed by atoms with van der Waals surface area (Å²) in [5, 5.41) is 21.3. The summed E-state index contributed by atoms with van der Waals surface area (Å²) in [6.45, 7) is 7.76. The Morgan fingerprint density at radius 1 is 1.39 bits per heavy atom. The molecule has 18 heavy (non-hydrogen) atoms. The van der Waals surface area contributed by atoms with Crippen LogP contribution in [0.3, 0.4) is 0 Å². The van der Waals surface area contributed by atoms with Gasteiger partial charge in [-0.2, -0.15) is 0 Å². The Balaban J connectivity index is 2.47. The summed E-state index contributed by atoms with van der Waals surface area (Å²) in [5.74, 6) is -0.0562. The van der Waals surface area contributed by atoms with Gasteiger partial charge in [0, 0.05) is 12.3 Å². The predicted octanol–water partition coefficient (Wildman–Crippen LogP) is 2.07. The molecule has 0 saturated heterocycles. The number of carbonyl (C=O) groups excluding carboxylic acids is 1. The van der Waals surface area contributed by atoms with Gasteiger partial charge < -0.3 is 10.2 Å². The van der Waals surface area contributed by atoms with Crippen molar-refractivity contribution in [3.63, 3.8) is 0 Å². The maximum Gasteiger partial charge on any atom is 0.158 e. The van der Waals surface area contributed by atoms with Crippen molar-refractivity contribution in [3.05, 3.63) is 11.6 Å². The number of hydrogen-bond acceptors (Lipinski definition) is 3. The third kappa shape index (κ3) is 1.84. The van der Waals surface area contributed by atoms with Crippen LogP contribution >= 0.6 is 0 Å². The molecule has 0 aliphatic heterocycles. The fourth-order valence-electron chi connectivity index (χ4n) is 3.91. The summed E-state index contributed by atoms with van der Waals surface area (Å²) in [6, 6.07) is 0. The van der Waals surface area contributed by atoms with E-state index in [1.807, 2.05) is 20.8 Å². The van der Waals surface area contributed by atoms with Crippen LogP contribution in [0.4, 0.5) is 0 Å². The Hall–Kier alpha value is -0.670. The first-order valence-electron chi connectivity index (χ1n) is 6.83. The van der Waals surface area contributed by atoms with Crippen LogP contribution in [0, 0.1) is 17.3 Å². The zero-order valence-corrected chi connectivity index (χ0v) is 11.7. The van der Waals surface area contributed by atoms with E-state index in [0.29, 0.717) is 18.4 Å². The first kappa shape index (κ1) is 13.8. The van der Waals surface area contributed by atoms with Gasteiger partial charge in [0.2, 0.25) is 0 Å². The summed E-state index contributed by atoms with van der Waals surface area (Å²) in [5.41, 5.74) is -0.525. The lowest BCUT2D eigenvalue weighted by Gasteiger charge is -2.41. The second-order valence-electron chi connectivity index (χ2n) is 6.72. The van der Waals surface area contributed by atoms with Gasteiger partial charge in [-0.1, -0.05) is 20.8 Å². The Bertz CT molecular complexity index is 399. The molecule has 0 aromatic carbocycles. The number of rotatable bonds is 1. The summed E-state index contributed by atoms with van der Waals surface area (Å²) in [4.78, 5) is 12.0. The molecular formula is C15H24O3. The van der Waals surface area contributed by atoms with Gasteiger partial charge in [0.05, 0.1) is 11.7 Å². The lowest BCUT2D eigenvalue weighted by molar-refractivity contribution is -0.121. The highest BCUT2D eigenvalue weighted by Gasteiger charge is 2.58. The summed E-state index contributed by atoms with van der Waals surface area (Å²) in [6.07, 6.45) is 2.82. The highest BCUT2D eigenvalue weighted by atomic mass is 16.3. The van der Waals surface area contributed by atoms with Crippen LogP contribution in [-0.4, -0.2) is 27.7 Å². The Morgan fingerprint density at radius 2 is 2.00 bits per heavy atom. The molecule has 2 N–H and O–H groups in total. The molecule has 0 radical (unpaired) electrons. The topological polar surface area (TPSA) is 57.5 Å². The van der Waals surface area contributed by atoms with E-state index in [4.69, 9.17) is 0 Å². The number of carbonyl (C=O) groups is 1. The van der Waals surface area contributed by atoms with Crippen LogP contribution in [0.2, 0.25) is 0 Å². The fourth-order valence-corrected chi connectivity index (χ4v) is 3.91. The molecule has 3 heteroatoms. The zero-order chi connectivity index (χ0) is 13.7. The Labute approximate surface area is 109 Å². The molecule has 2 rings (SSSR count). The highest BCUT2D eigenvalue weighted by molar-refractivity contribution is 5.95. The average Bonchev–Trinajstić information content (AvgIpc) is 2.47. The number of fused-ring (bicyclic) bond motifs is 1. The molecule has 102 valence electrons. The molecule has 0 amide bonds. The molecule has 3 nitrogen and oxygen atoms in total. The van der Waals surface area contributed by atoms with Crippen LogP contribution in [-0.2, 0) is 4.79 Å². The van der Waals surface area contributed by atoms with Gasteiger partial charge in [-0.05, 0) is 42.7 Å². The number of aliphatic hydroxyl groups is 2. The van der Waals surface area contributed by atoms with Crippen molar-refractivity contribution < 1.29 is 15.0 Å². The lowest BCUT2D eigenvalue weighted by Crippen LogP contribution is -2.48. The molecule has 0 bridgehead atoms. The zero-order valence-electron chi connectivity index (χ0n) is 11.7. The van der Waals surface area contributed by atoms with Gasteiger partial charge in [-0.3, -0.25) is 4.79 Å². The maximum atomic E-state index is 12.0. The van der Waals surface area contributed by atoms with Crippen molar-refractivity contribution in [1.82, 2.24) is 0 Å². The molecule has 0 heterocycles. The van der Waals surface area contributed by atoms with Crippen LogP contribution in [0.25, 0.3) is 0 Å². The van der Waals surface area contributed by atoms with E-state index in [2.05, 4.69) is 0 Å². The molecule has 0 aromatic heterocycles. The maximum absolute atomic E-state index is 12.0. The lowest BCUT2D eigenvalue weighted by atomic mass is 9.68. The molecule has 4 atom stereocenters. The molecule has 2 aliphatic carbocycles. The quantitative estimate of drug-likeness (QED) is 0.751. The smallest absolute Gasteiger partial charge is 0.158 e. The van der Waals surface area contributed by atoms with E-state index in [9.17, 15) is 15.0 Å². The van der Waals surface area contributed by atoms with E-state index in [0.717, 1.165) is 6.42 Å². The van der Waals surface area contributed by atoms with Crippen LogP contribution in [0.5, 0.6) is 0 Å². The van der Waals surface area contributed by atoms with E-state index in [-0.39, 0.29) is 23.0 Å². The highest BCUT2D eigenvalue weighted by Crippen LogP contribution is 2.56. The van der Waals surface area contributed by atoms with E-state index >= 15 is 0 Å². The second kappa shape index (κ2) is 4.17. The van der Waals surface area contributed by atoms with Crippen molar-refractivity contribution in [2.24, 2.45) is 17.3 Å². The van der Waals surface area contributed by atoms with Gasteiger partial charge >= 0.3 is 0 Å². The van der Waals surface area contributed by atoms with Gasteiger partial charge in [0.15, 0.2) is 5.78 Å². The molecule has 0 spiro atoms. The molecule has 0 aromatic rings. The predicted molar refractivity (Wildman–Crippen MR) is 70.0 cm³/mol. The average molecular weight is 252 g/mol. The number of Topliss-reactive ketones (excluding diaryl/α,β-unsaturated/α-hetero) is 1. The number of ketones is 1. The van der Waals surface area contributed by atoms with Crippen LogP contribution < -0.4 is 0 Å². The molecule has 1 fully saturated rings. The normalized spacial score (nSPS) is 44.8. The van der Waals surface area contributed by atoms with E-state index in [1.54, 1.807) is 13.0 Å². The molecular weight excluding hydrogens is 228 g/mol. The number of aliphatic hydroxyl groups excluding tert-OH is 1. The first-order chi connectivity index (χ1) is 8.20. The SMILES string of the molecule is CC1=C[C@@H](O)[C@@H]2[C@](C)(CC[C@@]2(O)C(C)C)CC1=O. The number of allylic oxidation sites excluding steroid dienone is 1. The minimum Gasteiger partial charge on any atom is -0.389 e. The number of hydrogen-bond donors (Lipinski definition) is 2. The van der Waals surface area contributed by atoms with Crippen LogP contribution in [0.1, 0.15) is 47.0 Å². The van der Waals surface area contributed by atoms with Crippen LogP contribution in [0.15, 0.2) is 11.6 Å². The standard InChI is InChI=1S/C15H24O3/c1-9(2)15(18)6-5-14(4)8-12(17)10(3)7-11(16)13(14)15/h7,9,11,13,16,18H,5-6,8H2,1-4H3/t11-,13-,14-,15-/m1/s1. The molecule has 2 aliphatic rings. The second-order valence-corrected chi connectivity index (χ2v) is 6.72. The van der Waals surface area contributed by atoms with Crippen molar-refractivity contribution in [1.29, 1.82) is 0 Å². The third-order valence-corrected chi connectivity index (χ3v) is 5.15. The molecule has 0 unspecified atom stereocenters. The monoisotopic (exact) mass is 252 g/mol. The van der Waals surface area contributed by atoms with Crippen molar-refractivity contribution in [2.45, 2.75) is 58.7 Å². The van der Waals surface area contributed by atoms with Crippen molar-refractivity contribution in [3.8, 4) is 0 Å². The first-order valence-corrected chi connectivity index (χ1v) is 6.83. The van der Waals surface area contributed by atoms with Gasteiger partial charge in [-0.15, -0.1) is 0 Å². The van der Waals surface area contributed by atoms with Gasteiger partial charge in [-0.25, -0.2) is 0 Å². The fraction of sp³-hybridized carbons (Fsp3) is 0.800. The summed E-state index contributed by atoms with van der Waals surface area (Å²) in [7, 11) is 0. The largest absolute Gasteiger partial charge is 0.389 e. The van der Waals surface area contributed by atoms with Crippen molar-refractivity contribution in [2.75, 3.05) is 0 Å². The molecule has 1 saturated carbocycles. The van der Waals surface area contributed by atoms with Crippen molar-refractivity contribution >= 4 is 5.78 Å². The van der Waals surface area contributed by atoms with Gasteiger partial charge in [0.25, 0.3) is 0 Å². The minimum absolute atomic E-state index is 0.0842. The Morgan fingerprint density at radius 3 is 2.56 bits per heavy atom.